The molecule has 0 fully saturated rings. The fourth-order valence-corrected chi connectivity index (χ4v) is 2.20. The molecular formula is C16H12N2O5. The molecular weight excluding hydrogens is 300 g/mol. The van der Waals surface area contributed by atoms with Crippen LogP contribution in [0.1, 0.15) is 5.56 Å². The Kier molecular flexibility index (Phi) is 3.68. The molecule has 0 radical (unpaired) electrons. The second-order valence-corrected chi connectivity index (χ2v) is 4.84. The van der Waals surface area contributed by atoms with Crippen molar-refractivity contribution in [3.05, 3.63) is 74.6 Å². The number of nitrogens with zero attached hydrogens (tertiary/aromatic N) is 1. The van der Waals surface area contributed by atoms with Gasteiger partial charge in [0.05, 0.1) is 4.92 Å². The number of rotatable bonds is 4. The van der Waals surface area contributed by atoms with E-state index >= 15 is 0 Å². The first-order chi connectivity index (χ1) is 11.1. The van der Waals surface area contributed by atoms with Gasteiger partial charge in [0.15, 0.2) is 0 Å². The second kappa shape index (κ2) is 5.80. The van der Waals surface area contributed by atoms with E-state index in [2.05, 4.69) is 0 Å². The van der Waals surface area contributed by atoms with E-state index in [4.69, 9.17) is 14.9 Å². The van der Waals surface area contributed by atoms with Gasteiger partial charge in [-0.1, -0.05) is 30.3 Å². The number of nitrogens with two attached hydrogens (primary N) is 1. The third-order valence-electron chi connectivity index (χ3n) is 3.33. The van der Waals surface area contributed by atoms with Crippen LogP contribution in [0.25, 0.3) is 11.0 Å². The molecule has 3 aromatic rings. The maximum absolute atomic E-state index is 11.7. The lowest BCUT2D eigenvalue weighted by Crippen LogP contribution is -2.10. The number of nitro groups is 1. The molecule has 0 aliphatic carbocycles. The van der Waals surface area contributed by atoms with E-state index in [9.17, 15) is 14.9 Å². The Bertz CT molecular complexity index is 934. The van der Waals surface area contributed by atoms with Crippen LogP contribution in [0.15, 0.2) is 57.7 Å². The average molecular weight is 312 g/mol. The number of nitrogen functional groups attached to an aromatic ring is 1. The van der Waals surface area contributed by atoms with Gasteiger partial charge in [-0.05, 0) is 17.7 Å². The van der Waals surface area contributed by atoms with Crippen LogP contribution >= 0.6 is 0 Å². The Labute approximate surface area is 130 Å². The van der Waals surface area contributed by atoms with Crippen LogP contribution in [0.4, 0.5) is 11.4 Å². The summed E-state index contributed by atoms with van der Waals surface area (Å²) in [5, 5.41) is 11.1. The molecule has 0 bridgehead atoms. The second-order valence-electron chi connectivity index (χ2n) is 4.84. The van der Waals surface area contributed by atoms with E-state index < -0.39 is 16.2 Å². The SMILES string of the molecule is Nc1c([N+](=O)[O-])c(=O)oc2cc(OCc3ccccc3)ccc12. The molecule has 23 heavy (non-hydrogen) atoms. The van der Waals surface area contributed by atoms with Crippen LogP contribution in [0.2, 0.25) is 0 Å². The highest BCUT2D eigenvalue weighted by molar-refractivity contribution is 5.93. The molecule has 0 unspecified atom stereocenters. The van der Waals surface area contributed by atoms with Crippen molar-refractivity contribution in [2.75, 3.05) is 5.73 Å². The summed E-state index contributed by atoms with van der Waals surface area (Å²) in [5.74, 6) is 0.470. The number of hydrogen-bond acceptors (Lipinski definition) is 6. The van der Waals surface area contributed by atoms with Gasteiger partial charge in [-0.15, -0.1) is 0 Å². The standard InChI is InChI=1S/C16H12N2O5/c17-14-12-7-6-11(22-9-10-4-2-1-3-5-10)8-13(12)23-16(19)15(14)18(20)21/h1-8H,9,17H2. The van der Waals surface area contributed by atoms with E-state index in [1.54, 1.807) is 6.07 Å². The zero-order valence-corrected chi connectivity index (χ0v) is 11.9. The van der Waals surface area contributed by atoms with Gasteiger partial charge >= 0.3 is 11.3 Å². The molecule has 0 saturated carbocycles. The van der Waals surface area contributed by atoms with Gasteiger partial charge in [0.2, 0.25) is 0 Å². The van der Waals surface area contributed by atoms with Gasteiger partial charge in [0, 0.05) is 11.5 Å². The van der Waals surface area contributed by atoms with Gasteiger partial charge in [0.1, 0.15) is 23.6 Å². The number of fused-ring (bicyclic) bond motifs is 1. The highest BCUT2D eigenvalue weighted by Crippen LogP contribution is 2.29. The monoisotopic (exact) mass is 312 g/mol. The molecule has 0 aliphatic heterocycles. The fourth-order valence-electron chi connectivity index (χ4n) is 2.20. The molecule has 0 saturated heterocycles. The molecule has 0 atom stereocenters. The lowest BCUT2D eigenvalue weighted by Gasteiger charge is -2.07. The molecule has 0 spiro atoms. The van der Waals surface area contributed by atoms with Gasteiger partial charge in [-0.25, -0.2) is 4.79 Å². The van der Waals surface area contributed by atoms with Crippen molar-refractivity contribution >= 4 is 22.3 Å². The highest BCUT2D eigenvalue weighted by atomic mass is 16.6. The zero-order chi connectivity index (χ0) is 16.4. The minimum atomic E-state index is -1.08. The van der Waals surface area contributed by atoms with Crippen LogP contribution < -0.4 is 16.1 Å². The smallest absolute Gasteiger partial charge is 0.417 e. The summed E-state index contributed by atoms with van der Waals surface area (Å²) in [6.45, 7) is 0.346. The minimum Gasteiger partial charge on any atom is -0.489 e. The molecule has 2 aromatic carbocycles. The molecule has 116 valence electrons. The van der Waals surface area contributed by atoms with Crippen molar-refractivity contribution in [3.8, 4) is 5.75 Å². The van der Waals surface area contributed by atoms with E-state index in [0.29, 0.717) is 17.7 Å². The van der Waals surface area contributed by atoms with Crippen molar-refractivity contribution < 1.29 is 14.1 Å². The molecule has 7 nitrogen and oxygen atoms in total. The Morgan fingerprint density at radius 3 is 2.61 bits per heavy atom. The van der Waals surface area contributed by atoms with Crippen LogP contribution in [0.5, 0.6) is 5.75 Å². The van der Waals surface area contributed by atoms with Crippen LogP contribution in [0.3, 0.4) is 0 Å². The predicted octanol–water partition coefficient (Wildman–Crippen LogP) is 2.86. The summed E-state index contributed by atoms with van der Waals surface area (Å²) < 4.78 is 10.6. The quantitative estimate of drug-likeness (QED) is 0.451. The lowest BCUT2D eigenvalue weighted by atomic mass is 10.2. The molecule has 3 rings (SSSR count). The number of benzene rings is 2. The van der Waals surface area contributed by atoms with E-state index in [-0.39, 0.29) is 11.3 Å². The van der Waals surface area contributed by atoms with Crippen molar-refractivity contribution in [2.45, 2.75) is 6.61 Å². The maximum atomic E-state index is 11.7. The van der Waals surface area contributed by atoms with Crippen molar-refractivity contribution in [2.24, 2.45) is 0 Å². The lowest BCUT2D eigenvalue weighted by molar-refractivity contribution is -0.386. The van der Waals surface area contributed by atoms with Gasteiger partial charge < -0.3 is 14.9 Å². The van der Waals surface area contributed by atoms with Crippen molar-refractivity contribution in [1.29, 1.82) is 0 Å². The van der Waals surface area contributed by atoms with Crippen molar-refractivity contribution in [1.82, 2.24) is 0 Å². The number of ether oxygens (including phenoxy) is 1. The third-order valence-corrected chi connectivity index (χ3v) is 3.33. The number of anilines is 1. The Balaban J connectivity index is 1.95. The van der Waals surface area contributed by atoms with Gasteiger partial charge in [-0.3, -0.25) is 10.1 Å². The van der Waals surface area contributed by atoms with E-state index in [0.717, 1.165) is 5.56 Å². The fraction of sp³-hybridized carbons (Fsp3) is 0.0625. The zero-order valence-electron chi connectivity index (χ0n) is 11.9. The minimum absolute atomic E-state index is 0.142. The maximum Gasteiger partial charge on any atom is 0.417 e. The van der Waals surface area contributed by atoms with E-state index in [1.807, 2.05) is 30.3 Å². The van der Waals surface area contributed by atoms with E-state index in [1.165, 1.54) is 12.1 Å². The summed E-state index contributed by atoms with van der Waals surface area (Å²) in [7, 11) is 0. The molecule has 2 N–H and O–H groups in total. The van der Waals surface area contributed by atoms with Crippen LogP contribution in [-0.2, 0) is 6.61 Å². The summed E-state index contributed by atoms with van der Waals surface area (Å²) in [6.07, 6.45) is 0. The van der Waals surface area contributed by atoms with Crippen LogP contribution in [0, 0.1) is 10.1 Å². The summed E-state index contributed by atoms with van der Waals surface area (Å²) in [5.41, 5.74) is 4.77. The van der Waals surface area contributed by atoms with Crippen molar-refractivity contribution in [3.63, 3.8) is 0 Å². The summed E-state index contributed by atoms with van der Waals surface area (Å²) in [6, 6.07) is 14.2. The normalized spacial score (nSPS) is 10.6. The average Bonchev–Trinajstić information content (AvgIpc) is 2.53. The highest BCUT2D eigenvalue weighted by Gasteiger charge is 2.22. The van der Waals surface area contributed by atoms with Gasteiger partial charge in [0.25, 0.3) is 0 Å². The first-order valence-corrected chi connectivity index (χ1v) is 6.73. The largest absolute Gasteiger partial charge is 0.489 e. The molecule has 1 heterocycles. The topological polar surface area (TPSA) is 109 Å². The third kappa shape index (κ3) is 2.84. The molecule has 1 aromatic heterocycles. The number of hydrogen-bond donors (Lipinski definition) is 1. The Hall–Kier alpha value is -3.35. The molecule has 0 amide bonds. The van der Waals surface area contributed by atoms with Crippen LogP contribution in [-0.4, -0.2) is 4.92 Å². The summed E-state index contributed by atoms with van der Waals surface area (Å²) >= 11 is 0. The Morgan fingerprint density at radius 1 is 1.17 bits per heavy atom. The summed E-state index contributed by atoms with van der Waals surface area (Å²) in [4.78, 5) is 21.7. The van der Waals surface area contributed by atoms with Gasteiger partial charge in [-0.2, -0.15) is 0 Å². The predicted molar refractivity (Wildman–Crippen MR) is 84.3 cm³/mol. The molecule has 0 aliphatic rings. The first kappa shape index (κ1) is 14.6. The Morgan fingerprint density at radius 2 is 1.91 bits per heavy atom. The first-order valence-electron chi connectivity index (χ1n) is 6.73. The molecule has 7 heteroatoms.